The van der Waals surface area contributed by atoms with Crippen LogP contribution >= 0.6 is 27.5 Å². The number of hydrogen-bond acceptors (Lipinski definition) is 3. The molecule has 0 spiro atoms. The number of anilines is 2. The molecule has 0 radical (unpaired) electrons. The van der Waals surface area contributed by atoms with E-state index in [4.69, 9.17) is 17.3 Å². The fourth-order valence-corrected chi connectivity index (χ4v) is 3.70. The lowest BCUT2D eigenvalue weighted by atomic mass is 10.3. The van der Waals surface area contributed by atoms with E-state index in [0.29, 0.717) is 5.69 Å². The molecule has 0 fully saturated rings. The molecular weight excluding hydrogens is 352 g/mol. The summed E-state index contributed by atoms with van der Waals surface area (Å²) in [5, 5.41) is 0.0856. The first kappa shape index (κ1) is 14.2. The maximum absolute atomic E-state index is 12.3. The number of rotatable bonds is 3. The largest absolute Gasteiger partial charge is 0.398 e. The van der Waals surface area contributed by atoms with Crippen molar-refractivity contribution in [2.24, 2.45) is 0 Å². The monoisotopic (exact) mass is 360 g/mol. The highest BCUT2D eigenvalue weighted by Crippen LogP contribution is 2.29. The van der Waals surface area contributed by atoms with Crippen LogP contribution in [-0.2, 0) is 10.0 Å². The SMILES string of the molecule is Nc1cccc(Cl)c1S(=O)(=O)Nc1cccc(Br)c1. The standard InChI is InChI=1S/C12H10BrClN2O2S/c13-8-3-1-4-9(7-8)16-19(17,18)12-10(14)5-2-6-11(12)15/h1-7,16H,15H2. The number of benzene rings is 2. The van der Waals surface area contributed by atoms with E-state index in [1.54, 1.807) is 30.3 Å². The number of nitrogens with one attached hydrogen (secondary N) is 1. The van der Waals surface area contributed by atoms with E-state index < -0.39 is 10.0 Å². The van der Waals surface area contributed by atoms with Crippen molar-refractivity contribution >= 4 is 48.9 Å². The average molecular weight is 362 g/mol. The van der Waals surface area contributed by atoms with Gasteiger partial charge in [0.2, 0.25) is 0 Å². The number of hydrogen-bond donors (Lipinski definition) is 2. The average Bonchev–Trinajstić information content (AvgIpc) is 2.27. The summed E-state index contributed by atoms with van der Waals surface area (Å²) < 4.78 is 27.7. The Kier molecular flexibility index (Phi) is 4.03. The van der Waals surface area contributed by atoms with Crippen molar-refractivity contribution in [3.63, 3.8) is 0 Å². The Morgan fingerprint density at radius 3 is 2.47 bits per heavy atom. The molecule has 0 atom stereocenters. The Morgan fingerprint density at radius 1 is 1.16 bits per heavy atom. The number of sulfonamides is 1. The first-order valence-corrected chi connectivity index (χ1v) is 7.88. The van der Waals surface area contributed by atoms with Gasteiger partial charge in [-0.1, -0.05) is 39.7 Å². The second-order valence-electron chi connectivity index (χ2n) is 3.77. The molecule has 100 valence electrons. The van der Waals surface area contributed by atoms with E-state index in [-0.39, 0.29) is 15.6 Å². The summed E-state index contributed by atoms with van der Waals surface area (Å²) in [6.45, 7) is 0. The molecule has 0 unspecified atom stereocenters. The van der Waals surface area contributed by atoms with Crippen LogP contribution in [0.2, 0.25) is 5.02 Å². The lowest BCUT2D eigenvalue weighted by Crippen LogP contribution is -2.15. The normalized spacial score (nSPS) is 11.3. The van der Waals surface area contributed by atoms with Crippen molar-refractivity contribution in [3.8, 4) is 0 Å². The number of nitrogens with two attached hydrogens (primary N) is 1. The van der Waals surface area contributed by atoms with Crippen molar-refractivity contribution in [2.75, 3.05) is 10.5 Å². The van der Waals surface area contributed by atoms with Crippen molar-refractivity contribution < 1.29 is 8.42 Å². The van der Waals surface area contributed by atoms with Gasteiger partial charge in [0.1, 0.15) is 4.90 Å². The molecule has 2 aromatic carbocycles. The molecule has 0 aliphatic heterocycles. The molecule has 3 N–H and O–H groups in total. The van der Waals surface area contributed by atoms with Gasteiger partial charge in [0.15, 0.2) is 0 Å². The third-order valence-electron chi connectivity index (χ3n) is 2.34. The molecular formula is C12H10BrClN2O2S. The third-order valence-corrected chi connectivity index (χ3v) is 4.76. The van der Waals surface area contributed by atoms with E-state index in [1.807, 2.05) is 0 Å². The Morgan fingerprint density at radius 2 is 1.84 bits per heavy atom. The van der Waals surface area contributed by atoms with E-state index in [2.05, 4.69) is 20.7 Å². The molecule has 0 aliphatic rings. The van der Waals surface area contributed by atoms with Gasteiger partial charge in [-0.05, 0) is 30.3 Å². The van der Waals surface area contributed by atoms with Crippen LogP contribution in [0.5, 0.6) is 0 Å². The van der Waals surface area contributed by atoms with Gasteiger partial charge in [-0.3, -0.25) is 4.72 Å². The Labute approximate surface area is 124 Å². The second kappa shape index (κ2) is 5.40. The van der Waals surface area contributed by atoms with Crippen LogP contribution in [0.1, 0.15) is 0 Å². The summed E-state index contributed by atoms with van der Waals surface area (Å²) >= 11 is 9.17. The molecule has 19 heavy (non-hydrogen) atoms. The first-order valence-electron chi connectivity index (χ1n) is 5.22. The van der Waals surface area contributed by atoms with Crippen molar-refractivity contribution in [1.82, 2.24) is 0 Å². The van der Waals surface area contributed by atoms with Gasteiger partial charge in [-0.25, -0.2) is 8.42 Å². The van der Waals surface area contributed by atoms with Crippen LogP contribution in [0.25, 0.3) is 0 Å². The van der Waals surface area contributed by atoms with E-state index in [9.17, 15) is 8.42 Å². The highest BCUT2D eigenvalue weighted by Gasteiger charge is 2.21. The van der Waals surface area contributed by atoms with Gasteiger partial charge in [-0.2, -0.15) is 0 Å². The number of halogens is 2. The molecule has 0 aliphatic carbocycles. The summed E-state index contributed by atoms with van der Waals surface area (Å²) in [4.78, 5) is -0.114. The molecule has 2 rings (SSSR count). The molecule has 0 saturated carbocycles. The van der Waals surface area contributed by atoms with E-state index in [0.717, 1.165) is 4.47 Å². The zero-order chi connectivity index (χ0) is 14.0. The highest BCUT2D eigenvalue weighted by atomic mass is 79.9. The zero-order valence-electron chi connectivity index (χ0n) is 9.60. The Hall–Kier alpha value is -1.24. The van der Waals surface area contributed by atoms with Gasteiger partial charge in [-0.15, -0.1) is 0 Å². The lowest BCUT2D eigenvalue weighted by Gasteiger charge is -2.11. The lowest BCUT2D eigenvalue weighted by molar-refractivity contribution is 0.601. The predicted molar refractivity (Wildman–Crippen MR) is 80.8 cm³/mol. The minimum atomic E-state index is -3.82. The predicted octanol–water partition coefficient (Wildman–Crippen LogP) is 3.49. The summed E-state index contributed by atoms with van der Waals surface area (Å²) in [5.41, 5.74) is 6.21. The van der Waals surface area contributed by atoms with Gasteiger partial charge >= 0.3 is 0 Å². The summed E-state index contributed by atoms with van der Waals surface area (Å²) in [7, 11) is -3.82. The smallest absolute Gasteiger partial charge is 0.265 e. The minimum absolute atomic E-state index is 0.0856. The van der Waals surface area contributed by atoms with Crippen LogP contribution in [0.3, 0.4) is 0 Å². The van der Waals surface area contributed by atoms with Crippen LogP contribution in [-0.4, -0.2) is 8.42 Å². The molecule has 0 aromatic heterocycles. The first-order chi connectivity index (χ1) is 8.90. The maximum atomic E-state index is 12.3. The maximum Gasteiger partial charge on any atom is 0.265 e. The Balaban J connectivity index is 2.44. The zero-order valence-corrected chi connectivity index (χ0v) is 12.8. The van der Waals surface area contributed by atoms with Crippen LogP contribution < -0.4 is 10.5 Å². The number of nitrogen functional groups attached to an aromatic ring is 1. The molecule has 2 aromatic rings. The van der Waals surface area contributed by atoms with Crippen LogP contribution in [0, 0.1) is 0 Å². The van der Waals surface area contributed by atoms with Crippen molar-refractivity contribution in [1.29, 1.82) is 0 Å². The molecule has 7 heteroatoms. The van der Waals surface area contributed by atoms with Gasteiger partial charge in [0.05, 0.1) is 10.7 Å². The molecule has 0 amide bonds. The van der Waals surface area contributed by atoms with Crippen LogP contribution in [0.4, 0.5) is 11.4 Å². The van der Waals surface area contributed by atoms with Gasteiger partial charge < -0.3 is 5.73 Å². The topological polar surface area (TPSA) is 72.2 Å². The van der Waals surface area contributed by atoms with Crippen molar-refractivity contribution in [2.45, 2.75) is 4.90 Å². The summed E-state index contributed by atoms with van der Waals surface area (Å²) in [6.07, 6.45) is 0. The molecule has 0 saturated heterocycles. The van der Waals surface area contributed by atoms with Crippen LogP contribution in [0.15, 0.2) is 51.8 Å². The van der Waals surface area contributed by atoms with Gasteiger partial charge in [0, 0.05) is 10.2 Å². The summed E-state index contributed by atoms with van der Waals surface area (Å²) in [5.74, 6) is 0. The molecule has 0 bridgehead atoms. The van der Waals surface area contributed by atoms with E-state index >= 15 is 0 Å². The molecule has 0 heterocycles. The highest BCUT2D eigenvalue weighted by molar-refractivity contribution is 9.10. The fraction of sp³-hybridized carbons (Fsp3) is 0. The van der Waals surface area contributed by atoms with Crippen molar-refractivity contribution in [3.05, 3.63) is 52.0 Å². The second-order valence-corrected chi connectivity index (χ2v) is 6.72. The molecule has 4 nitrogen and oxygen atoms in total. The summed E-state index contributed by atoms with van der Waals surface area (Å²) in [6, 6.07) is 11.4. The fourth-order valence-electron chi connectivity index (χ4n) is 1.57. The van der Waals surface area contributed by atoms with E-state index in [1.165, 1.54) is 12.1 Å². The van der Waals surface area contributed by atoms with Gasteiger partial charge in [0.25, 0.3) is 10.0 Å². The minimum Gasteiger partial charge on any atom is -0.398 e. The quantitative estimate of drug-likeness (QED) is 0.822. The Bertz CT molecular complexity index is 699. The third kappa shape index (κ3) is 3.20.